The maximum atomic E-state index is 10.8. The zero-order valence-electron chi connectivity index (χ0n) is 9.10. The number of nitrogens with zero attached hydrogens (tertiary/aromatic N) is 1. The van der Waals surface area contributed by atoms with Gasteiger partial charge in [-0.05, 0) is 25.9 Å². The first-order valence-corrected chi connectivity index (χ1v) is 5.11. The van der Waals surface area contributed by atoms with E-state index in [-0.39, 0.29) is 5.91 Å². The smallest absolute Gasteiger partial charge is 0.219 e. The van der Waals surface area contributed by atoms with Crippen LogP contribution in [0.3, 0.4) is 0 Å². The lowest BCUT2D eigenvalue weighted by Gasteiger charge is -2.13. The van der Waals surface area contributed by atoms with E-state index in [1.165, 1.54) is 12.8 Å². The Bertz CT molecular complexity index is 137. The molecule has 0 aromatic carbocycles. The molecule has 0 heterocycles. The maximum absolute atomic E-state index is 10.8. The van der Waals surface area contributed by atoms with Gasteiger partial charge in [0.25, 0.3) is 0 Å². The van der Waals surface area contributed by atoms with Crippen molar-refractivity contribution in [2.45, 2.75) is 33.1 Å². The Kier molecular flexibility index (Phi) is 7.69. The number of hydrogen-bond donors (Lipinski definition) is 1. The number of carbonyl (C=O) groups is 1. The minimum atomic E-state index is 0.159. The summed E-state index contributed by atoms with van der Waals surface area (Å²) >= 11 is 0. The predicted octanol–water partition coefficient (Wildman–Crippen LogP) is 1.24. The van der Waals surface area contributed by atoms with E-state index >= 15 is 0 Å². The molecule has 0 saturated heterocycles. The summed E-state index contributed by atoms with van der Waals surface area (Å²) in [5.41, 5.74) is 0. The monoisotopic (exact) mass is 186 g/mol. The molecule has 0 atom stereocenters. The second-order valence-electron chi connectivity index (χ2n) is 3.35. The Morgan fingerprint density at radius 1 is 1.31 bits per heavy atom. The average Bonchev–Trinajstić information content (AvgIpc) is 2.10. The largest absolute Gasteiger partial charge is 0.346 e. The summed E-state index contributed by atoms with van der Waals surface area (Å²) in [6.45, 7) is 6.76. The normalized spacial score (nSPS) is 10.1. The SMILES string of the molecule is CCNCCCCCN(C)C(C)=O. The van der Waals surface area contributed by atoms with Crippen LogP contribution < -0.4 is 5.32 Å². The summed E-state index contributed by atoms with van der Waals surface area (Å²) in [5, 5.41) is 3.28. The predicted molar refractivity (Wildman–Crippen MR) is 55.7 cm³/mol. The zero-order valence-corrected chi connectivity index (χ0v) is 9.10. The highest BCUT2D eigenvalue weighted by Crippen LogP contribution is 1.96. The molecule has 3 heteroatoms. The molecule has 0 aliphatic carbocycles. The van der Waals surface area contributed by atoms with Crippen LogP contribution in [0, 0.1) is 0 Å². The molecule has 78 valence electrons. The Hall–Kier alpha value is -0.570. The van der Waals surface area contributed by atoms with E-state index in [0.29, 0.717) is 0 Å². The number of hydrogen-bond acceptors (Lipinski definition) is 2. The van der Waals surface area contributed by atoms with Crippen LogP contribution in [0.15, 0.2) is 0 Å². The quantitative estimate of drug-likeness (QED) is 0.607. The van der Waals surface area contributed by atoms with E-state index in [1.54, 1.807) is 11.8 Å². The first kappa shape index (κ1) is 12.4. The van der Waals surface area contributed by atoms with Crippen LogP contribution in [0.2, 0.25) is 0 Å². The van der Waals surface area contributed by atoms with Crippen LogP contribution in [0.4, 0.5) is 0 Å². The molecule has 13 heavy (non-hydrogen) atoms. The molecule has 0 fully saturated rings. The number of amides is 1. The Balaban J connectivity index is 3.11. The third-order valence-corrected chi connectivity index (χ3v) is 2.13. The van der Waals surface area contributed by atoms with Gasteiger partial charge < -0.3 is 10.2 Å². The van der Waals surface area contributed by atoms with E-state index in [1.807, 2.05) is 7.05 Å². The van der Waals surface area contributed by atoms with E-state index in [9.17, 15) is 4.79 Å². The van der Waals surface area contributed by atoms with Gasteiger partial charge in [0.15, 0.2) is 0 Å². The molecular weight excluding hydrogens is 164 g/mol. The van der Waals surface area contributed by atoms with Crippen LogP contribution in [0.1, 0.15) is 33.1 Å². The van der Waals surface area contributed by atoms with Gasteiger partial charge in [-0.1, -0.05) is 13.3 Å². The maximum Gasteiger partial charge on any atom is 0.219 e. The Morgan fingerprint density at radius 2 is 2.00 bits per heavy atom. The van der Waals surface area contributed by atoms with Crippen molar-refractivity contribution in [3.63, 3.8) is 0 Å². The molecule has 0 spiro atoms. The van der Waals surface area contributed by atoms with E-state index < -0.39 is 0 Å². The van der Waals surface area contributed by atoms with Crippen LogP contribution in [0.5, 0.6) is 0 Å². The number of nitrogens with one attached hydrogen (secondary N) is 1. The summed E-state index contributed by atoms with van der Waals surface area (Å²) in [6.07, 6.45) is 3.52. The zero-order chi connectivity index (χ0) is 10.1. The molecule has 0 bridgehead atoms. The average molecular weight is 186 g/mol. The molecule has 1 amide bonds. The number of rotatable bonds is 7. The van der Waals surface area contributed by atoms with Gasteiger partial charge in [0.05, 0.1) is 0 Å². The molecule has 0 aromatic rings. The number of unbranched alkanes of at least 4 members (excludes halogenated alkanes) is 2. The highest BCUT2D eigenvalue weighted by atomic mass is 16.2. The fourth-order valence-corrected chi connectivity index (χ4v) is 1.11. The first-order chi connectivity index (χ1) is 6.18. The van der Waals surface area contributed by atoms with Gasteiger partial charge >= 0.3 is 0 Å². The van der Waals surface area contributed by atoms with Crippen molar-refractivity contribution in [1.82, 2.24) is 10.2 Å². The molecule has 0 aromatic heterocycles. The second-order valence-corrected chi connectivity index (χ2v) is 3.35. The molecule has 0 aliphatic heterocycles. The standard InChI is InChI=1S/C10H22N2O/c1-4-11-8-6-5-7-9-12(3)10(2)13/h11H,4-9H2,1-3H3. The summed E-state index contributed by atoms with van der Waals surface area (Å²) in [6, 6.07) is 0. The molecule has 0 radical (unpaired) electrons. The molecule has 1 N–H and O–H groups in total. The van der Waals surface area contributed by atoms with Crippen LogP contribution >= 0.6 is 0 Å². The molecule has 0 rings (SSSR count). The lowest BCUT2D eigenvalue weighted by Crippen LogP contribution is -2.25. The van der Waals surface area contributed by atoms with Crippen LogP contribution in [-0.2, 0) is 4.79 Å². The first-order valence-electron chi connectivity index (χ1n) is 5.11. The topological polar surface area (TPSA) is 32.3 Å². The summed E-state index contributed by atoms with van der Waals surface area (Å²) in [4.78, 5) is 12.6. The van der Waals surface area contributed by atoms with Crippen LogP contribution in [0.25, 0.3) is 0 Å². The fourth-order valence-electron chi connectivity index (χ4n) is 1.11. The lowest BCUT2D eigenvalue weighted by molar-refractivity contribution is -0.127. The van der Waals surface area contributed by atoms with Crippen molar-refractivity contribution in [3.05, 3.63) is 0 Å². The third-order valence-electron chi connectivity index (χ3n) is 2.13. The minimum Gasteiger partial charge on any atom is -0.346 e. The highest BCUT2D eigenvalue weighted by molar-refractivity contribution is 5.72. The molecular formula is C10H22N2O. The second kappa shape index (κ2) is 8.05. The van der Waals surface area contributed by atoms with Gasteiger partial charge in [0, 0.05) is 20.5 Å². The number of carbonyl (C=O) groups excluding carboxylic acids is 1. The molecule has 0 saturated carbocycles. The fraction of sp³-hybridized carbons (Fsp3) is 0.900. The van der Waals surface area contributed by atoms with Crippen molar-refractivity contribution >= 4 is 5.91 Å². The lowest BCUT2D eigenvalue weighted by atomic mass is 10.2. The van der Waals surface area contributed by atoms with Crippen molar-refractivity contribution < 1.29 is 4.79 Å². The summed E-state index contributed by atoms with van der Waals surface area (Å²) in [7, 11) is 1.85. The van der Waals surface area contributed by atoms with Crippen molar-refractivity contribution in [1.29, 1.82) is 0 Å². The summed E-state index contributed by atoms with van der Waals surface area (Å²) in [5.74, 6) is 0.159. The van der Waals surface area contributed by atoms with Gasteiger partial charge in [-0.3, -0.25) is 4.79 Å². The van der Waals surface area contributed by atoms with Gasteiger partial charge in [-0.25, -0.2) is 0 Å². The molecule has 0 unspecified atom stereocenters. The van der Waals surface area contributed by atoms with E-state index in [4.69, 9.17) is 0 Å². The minimum absolute atomic E-state index is 0.159. The Labute approximate surface area is 81.5 Å². The van der Waals surface area contributed by atoms with Gasteiger partial charge in [-0.15, -0.1) is 0 Å². The van der Waals surface area contributed by atoms with E-state index in [0.717, 1.165) is 26.1 Å². The van der Waals surface area contributed by atoms with Gasteiger partial charge in [0.1, 0.15) is 0 Å². The van der Waals surface area contributed by atoms with Crippen molar-refractivity contribution in [2.75, 3.05) is 26.7 Å². The third kappa shape index (κ3) is 7.78. The summed E-state index contributed by atoms with van der Waals surface area (Å²) < 4.78 is 0. The van der Waals surface area contributed by atoms with Gasteiger partial charge in [-0.2, -0.15) is 0 Å². The Morgan fingerprint density at radius 3 is 2.54 bits per heavy atom. The van der Waals surface area contributed by atoms with E-state index in [2.05, 4.69) is 12.2 Å². The molecule has 3 nitrogen and oxygen atoms in total. The highest BCUT2D eigenvalue weighted by Gasteiger charge is 1.99. The van der Waals surface area contributed by atoms with Crippen molar-refractivity contribution in [3.8, 4) is 0 Å². The van der Waals surface area contributed by atoms with Crippen molar-refractivity contribution in [2.24, 2.45) is 0 Å². The van der Waals surface area contributed by atoms with Crippen LogP contribution in [-0.4, -0.2) is 37.5 Å². The van der Waals surface area contributed by atoms with Gasteiger partial charge in [0.2, 0.25) is 5.91 Å². The molecule has 0 aliphatic rings.